The molecule has 0 atom stereocenters. The van der Waals surface area contributed by atoms with Crippen molar-refractivity contribution in [1.29, 1.82) is 0 Å². The lowest BCUT2D eigenvalue weighted by atomic mass is 9.70. The predicted octanol–water partition coefficient (Wildman–Crippen LogP) is 10.3. The molecule has 1 nitrogen and oxygen atoms in total. The lowest BCUT2D eigenvalue weighted by Gasteiger charge is -2.38. The van der Waals surface area contributed by atoms with Gasteiger partial charge in [-0.3, -0.25) is 0 Å². The van der Waals surface area contributed by atoms with Gasteiger partial charge in [-0.05, 0) is 62.7 Å². The molecular weight excluding hydrogens is 376 g/mol. The van der Waals surface area contributed by atoms with Gasteiger partial charge in [0.15, 0.2) is 0 Å². The number of hydrogen-bond donors (Lipinski definition) is 0. The Morgan fingerprint density at radius 3 is 1.48 bits per heavy atom. The molecule has 2 fully saturated rings. The molecule has 0 saturated heterocycles. The average Bonchev–Trinajstić information content (AvgIpc) is 2.81. The predicted molar refractivity (Wildman–Crippen MR) is 138 cm³/mol. The highest BCUT2D eigenvalue weighted by molar-refractivity contribution is 4.82. The van der Waals surface area contributed by atoms with Crippen molar-refractivity contribution in [3.63, 3.8) is 0 Å². The van der Waals surface area contributed by atoms with Crippen molar-refractivity contribution in [2.45, 2.75) is 168 Å². The first-order valence-corrected chi connectivity index (χ1v) is 14.9. The van der Waals surface area contributed by atoms with Crippen molar-refractivity contribution >= 4 is 0 Å². The van der Waals surface area contributed by atoms with E-state index < -0.39 is 0 Å². The minimum Gasteiger partial charge on any atom is -0.378 e. The number of rotatable bonds is 18. The maximum atomic E-state index is 6.25. The lowest BCUT2D eigenvalue weighted by Crippen LogP contribution is -2.28. The summed E-state index contributed by atoms with van der Waals surface area (Å²) in [6, 6.07) is 0. The number of ether oxygens (including phenoxy) is 1. The molecule has 0 aliphatic heterocycles. The van der Waals surface area contributed by atoms with Gasteiger partial charge in [0.05, 0.1) is 6.10 Å². The fourth-order valence-corrected chi connectivity index (χ4v) is 6.37. The SMILES string of the molecule is CCCCCCCCCO[C@H]1CC[C@H](C2CCC(CCCCCCCCC)CC2)CC1. The molecule has 2 aliphatic carbocycles. The van der Waals surface area contributed by atoms with E-state index in [1.54, 1.807) is 0 Å². The number of unbranched alkanes of at least 4 members (excludes halogenated alkanes) is 12. The maximum absolute atomic E-state index is 6.25. The Balaban J connectivity index is 1.42. The van der Waals surface area contributed by atoms with Crippen molar-refractivity contribution in [2.75, 3.05) is 6.61 Å². The Morgan fingerprint density at radius 1 is 0.484 bits per heavy atom. The van der Waals surface area contributed by atoms with Crippen LogP contribution in [0.1, 0.15) is 162 Å². The first kappa shape index (κ1) is 27.2. The summed E-state index contributed by atoms with van der Waals surface area (Å²) in [6.07, 6.45) is 33.8. The molecule has 0 radical (unpaired) electrons. The highest BCUT2D eigenvalue weighted by Crippen LogP contribution is 2.41. The molecular formula is C30H58O. The lowest BCUT2D eigenvalue weighted by molar-refractivity contribution is 0.00526. The standard InChI is InChI=1S/C30H58O/c1-3-5-7-9-11-13-15-17-27-18-20-28(21-19-27)29-22-24-30(25-23-29)31-26-16-14-12-10-8-6-4-2/h27-30H,3-26H2,1-2H3/t27?,28?,29-,30-. The molecule has 0 aromatic carbocycles. The third kappa shape index (κ3) is 12.7. The van der Waals surface area contributed by atoms with E-state index in [2.05, 4.69) is 13.8 Å². The Hall–Kier alpha value is -0.0400. The van der Waals surface area contributed by atoms with Crippen LogP contribution in [0.4, 0.5) is 0 Å². The maximum Gasteiger partial charge on any atom is 0.0575 e. The Kier molecular flexibility index (Phi) is 16.1. The van der Waals surface area contributed by atoms with Crippen LogP contribution >= 0.6 is 0 Å². The Labute approximate surface area is 196 Å². The van der Waals surface area contributed by atoms with Gasteiger partial charge >= 0.3 is 0 Å². The molecule has 0 N–H and O–H groups in total. The fourth-order valence-electron chi connectivity index (χ4n) is 6.37. The first-order valence-electron chi connectivity index (χ1n) is 14.9. The van der Waals surface area contributed by atoms with Crippen LogP contribution in [-0.2, 0) is 4.74 Å². The summed E-state index contributed by atoms with van der Waals surface area (Å²) in [7, 11) is 0. The van der Waals surface area contributed by atoms with Crippen LogP contribution in [0.2, 0.25) is 0 Å². The van der Waals surface area contributed by atoms with E-state index in [4.69, 9.17) is 4.74 Å². The smallest absolute Gasteiger partial charge is 0.0575 e. The molecule has 2 rings (SSSR count). The summed E-state index contributed by atoms with van der Waals surface area (Å²) in [5, 5.41) is 0. The molecule has 1 heteroatoms. The first-order chi connectivity index (χ1) is 15.3. The zero-order valence-corrected chi connectivity index (χ0v) is 21.7. The van der Waals surface area contributed by atoms with Crippen molar-refractivity contribution in [1.82, 2.24) is 0 Å². The summed E-state index contributed by atoms with van der Waals surface area (Å²) in [6.45, 7) is 5.63. The Bertz CT molecular complexity index is 376. The second-order valence-electron chi connectivity index (χ2n) is 11.2. The van der Waals surface area contributed by atoms with Gasteiger partial charge in [-0.15, -0.1) is 0 Å². The van der Waals surface area contributed by atoms with Gasteiger partial charge in [-0.2, -0.15) is 0 Å². The molecule has 0 bridgehead atoms. The molecule has 0 unspecified atom stereocenters. The molecule has 0 aromatic heterocycles. The zero-order valence-electron chi connectivity index (χ0n) is 21.7. The molecule has 2 saturated carbocycles. The topological polar surface area (TPSA) is 9.23 Å². The summed E-state index contributed by atoms with van der Waals surface area (Å²) >= 11 is 0. The Morgan fingerprint density at radius 2 is 0.935 bits per heavy atom. The van der Waals surface area contributed by atoms with Gasteiger partial charge in [-0.25, -0.2) is 0 Å². The van der Waals surface area contributed by atoms with E-state index in [1.165, 1.54) is 148 Å². The van der Waals surface area contributed by atoms with Crippen molar-refractivity contribution in [2.24, 2.45) is 17.8 Å². The second-order valence-corrected chi connectivity index (χ2v) is 11.2. The van der Waals surface area contributed by atoms with E-state index in [1.807, 2.05) is 0 Å². The summed E-state index contributed by atoms with van der Waals surface area (Å²) in [5.74, 6) is 3.14. The fraction of sp³-hybridized carbons (Fsp3) is 1.00. The normalized spacial score (nSPS) is 26.9. The minimum atomic E-state index is 0.588. The highest BCUT2D eigenvalue weighted by Gasteiger charge is 2.30. The van der Waals surface area contributed by atoms with Gasteiger partial charge in [0.25, 0.3) is 0 Å². The third-order valence-corrected chi connectivity index (χ3v) is 8.59. The van der Waals surface area contributed by atoms with E-state index in [-0.39, 0.29) is 0 Å². The van der Waals surface area contributed by atoms with Crippen LogP contribution in [-0.4, -0.2) is 12.7 Å². The quantitative estimate of drug-likeness (QED) is 0.195. The highest BCUT2D eigenvalue weighted by atomic mass is 16.5. The van der Waals surface area contributed by atoms with E-state index in [9.17, 15) is 0 Å². The van der Waals surface area contributed by atoms with Crippen molar-refractivity contribution in [3.8, 4) is 0 Å². The molecule has 0 amide bonds. The summed E-state index contributed by atoms with van der Waals surface area (Å²) in [5.41, 5.74) is 0. The van der Waals surface area contributed by atoms with E-state index >= 15 is 0 Å². The third-order valence-electron chi connectivity index (χ3n) is 8.59. The molecule has 184 valence electrons. The van der Waals surface area contributed by atoms with Crippen LogP contribution in [0, 0.1) is 17.8 Å². The monoisotopic (exact) mass is 434 g/mol. The molecule has 0 aromatic rings. The van der Waals surface area contributed by atoms with Crippen LogP contribution in [0.15, 0.2) is 0 Å². The summed E-state index contributed by atoms with van der Waals surface area (Å²) < 4.78 is 6.25. The van der Waals surface area contributed by atoms with Crippen LogP contribution in [0.3, 0.4) is 0 Å². The van der Waals surface area contributed by atoms with Crippen LogP contribution < -0.4 is 0 Å². The van der Waals surface area contributed by atoms with Crippen LogP contribution in [0.5, 0.6) is 0 Å². The van der Waals surface area contributed by atoms with Gasteiger partial charge in [0.1, 0.15) is 0 Å². The summed E-state index contributed by atoms with van der Waals surface area (Å²) in [4.78, 5) is 0. The van der Waals surface area contributed by atoms with Gasteiger partial charge < -0.3 is 4.74 Å². The van der Waals surface area contributed by atoms with Gasteiger partial charge in [0.2, 0.25) is 0 Å². The van der Waals surface area contributed by atoms with Crippen molar-refractivity contribution < 1.29 is 4.74 Å². The van der Waals surface area contributed by atoms with E-state index in [0.29, 0.717) is 6.10 Å². The zero-order chi connectivity index (χ0) is 22.0. The van der Waals surface area contributed by atoms with Crippen molar-refractivity contribution in [3.05, 3.63) is 0 Å². The van der Waals surface area contributed by atoms with Gasteiger partial charge in [-0.1, -0.05) is 117 Å². The largest absolute Gasteiger partial charge is 0.378 e. The molecule has 2 aliphatic rings. The average molecular weight is 435 g/mol. The minimum absolute atomic E-state index is 0.588. The second kappa shape index (κ2) is 18.4. The molecule has 0 heterocycles. The molecule has 0 spiro atoms. The van der Waals surface area contributed by atoms with E-state index in [0.717, 1.165) is 24.4 Å². The number of hydrogen-bond acceptors (Lipinski definition) is 1. The van der Waals surface area contributed by atoms with Gasteiger partial charge in [0, 0.05) is 6.61 Å². The van der Waals surface area contributed by atoms with Crippen LogP contribution in [0.25, 0.3) is 0 Å². The molecule has 31 heavy (non-hydrogen) atoms.